The summed E-state index contributed by atoms with van der Waals surface area (Å²) in [6.45, 7) is 3.57. The van der Waals surface area contributed by atoms with Crippen molar-refractivity contribution in [3.05, 3.63) is 12.2 Å². The molecule has 1 fully saturated rings. The fourth-order valence-electron chi connectivity index (χ4n) is 1.11. The Bertz CT molecular complexity index is 202. The van der Waals surface area contributed by atoms with Gasteiger partial charge in [-0.05, 0) is 18.4 Å². The molecule has 2 nitrogen and oxygen atoms in total. The van der Waals surface area contributed by atoms with Crippen molar-refractivity contribution in [1.29, 1.82) is 0 Å². The van der Waals surface area contributed by atoms with Gasteiger partial charge in [-0.1, -0.05) is 12.5 Å². The van der Waals surface area contributed by atoms with Crippen LogP contribution in [0.4, 0.5) is 0 Å². The average molecular weight is 138 g/mol. The van der Waals surface area contributed by atoms with Gasteiger partial charge in [0, 0.05) is 0 Å². The van der Waals surface area contributed by atoms with E-state index in [9.17, 15) is 10.2 Å². The summed E-state index contributed by atoms with van der Waals surface area (Å²) in [6, 6.07) is 0. The van der Waals surface area contributed by atoms with Gasteiger partial charge in [-0.3, -0.25) is 0 Å². The van der Waals surface area contributed by atoms with Crippen LogP contribution in [-0.2, 0) is 0 Å². The molecule has 0 heterocycles. The molecule has 0 aliphatic heterocycles. The first-order chi connectivity index (χ1) is 4.60. The summed E-state index contributed by atoms with van der Waals surface area (Å²) in [4.78, 5) is 0. The smallest absolute Gasteiger partial charge is 0.154 e. The Balaban J connectivity index is 2.86. The van der Waals surface area contributed by atoms with E-state index in [0.717, 1.165) is 0 Å². The van der Waals surface area contributed by atoms with E-state index in [0.29, 0.717) is 18.4 Å². The maximum atomic E-state index is 9.39. The zero-order valence-corrected chi connectivity index (χ0v) is 5.67. The molecule has 0 radical (unpaired) electrons. The van der Waals surface area contributed by atoms with E-state index in [1.54, 1.807) is 0 Å². The SMILES string of the molecule is C#C[C@@]1(O)CCC(=C)[C@H]1O. The summed E-state index contributed by atoms with van der Waals surface area (Å²) < 4.78 is 0. The highest BCUT2D eigenvalue weighted by Gasteiger charge is 2.40. The van der Waals surface area contributed by atoms with Gasteiger partial charge >= 0.3 is 0 Å². The third kappa shape index (κ3) is 0.841. The van der Waals surface area contributed by atoms with Crippen LogP contribution in [0.1, 0.15) is 12.8 Å². The van der Waals surface area contributed by atoms with Gasteiger partial charge in [0.2, 0.25) is 0 Å². The number of hydrogen-bond acceptors (Lipinski definition) is 2. The van der Waals surface area contributed by atoms with Gasteiger partial charge in [-0.25, -0.2) is 0 Å². The molecule has 1 aliphatic carbocycles. The van der Waals surface area contributed by atoms with E-state index in [-0.39, 0.29) is 0 Å². The second-order valence-electron chi connectivity index (χ2n) is 2.63. The molecule has 0 aromatic rings. The van der Waals surface area contributed by atoms with E-state index < -0.39 is 11.7 Å². The molecule has 0 amide bonds. The molecular formula is C8H10O2. The maximum Gasteiger partial charge on any atom is 0.154 e. The third-order valence-electron chi connectivity index (χ3n) is 1.92. The molecule has 2 atom stereocenters. The zero-order chi connectivity index (χ0) is 7.78. The van der Waals surface area contributed by atoms with E-state index in [2.05, 4.69) is 12.5 Å². The van der Waals surface area contributed by atoms with E-state index in [1.807, 2.05) is 0 Å². The lowest BCUT2D eigenvalue weighted by molar-refractivity contribution is 0.00553. The molecule has 10 heavy (non-hydrogen) atoms. The monoisotopic (exact) mass is 138 g/mol. The van der Waals surface area contributed by atoms with Gasteiger partial charge in [0.1, 0.15) is 6.10 Å². The van der Waals surface area contributed by atoms with Crippen LogP contribution in [0.2, 0.25) is 0 Å². The van der Waals surface area contributed by atoms with Crippen molar-refractivity contribution in [3.8, 4) is 12.3 Å². The summed E-state index contributed by atoms with van der Waals surface area (Å²) in [5, 5.41) is 18.6. The molecular weight excluding hydrogens is 128 g/mol. The predicted octanol–water partition coefficient (Wildman–Crippen LogP) is 0.0616. The summed E-state index contributed by atoms with van der Waals surface area (Å²) >= 11 is 0. The molecule has 1 aliphatic rings. The van der Waals surface area contributed by atoms with Crippen LogP contribution in [0.3, 0.4) is 0 Å². The highest BCUT2D eigenvalue weighted by atomic mass is 16.3. The standard InChI is InChI=1S/C8H10O2/c1-3-8(10)5-4-6(2)7(8)9/h1,7,9-10H,2,4-5H2/t7-,8-/m1/s1. The molecule has 54 valence electrons. The minimum atomic E-state index is -1.35. The highest BCUT2D eigenvalue weighted by molar-refractivity contribution is 5.26. The maximum absolute atomic E-state index is 9.39. The minimum absolute atomic E-state index is 0.420. The Morgan fingerprint density at radius 1 is 1.80 bits per heavy atom. The van der Waals surface area contributed by atoms with E-state index in [1.165, 1.54) is 0 Å². The number of rotatable bonds is 0. The zero-order valence-electron chi connectivity index (χ0n) is 5.67. The minimum Gasteiger partial charge on any atom is -0.385 e. The highest BCUT2D eigenvalue weighted by Crippen LogP contribution is 2.32. The van der Waals surface area contributed by atoms with Gasteiger partial charge in [0.25, 0.3) is 0 Å². The molecule has 1 saturated carbocycles. The normalized spacial score (nSPS) is 39.7. The molecule has 0 spiro atoms. The van der Waals surface area contributed by atoms with E-state index >= 15 is 0 Å². The number of hydrogen-bond donors (Lipinski definition) is 2. The van der Waals surface area contributed by atoms with Crippen molar-refractivity contribution in [2.45, 2.75) is 24.5 Å². The number of aliphatic hydroxyl groups excluding tert-OH is 1. The van der Waals surface area contributed by atoms with Crippen molar-refractivity contribution < 1.29 is 10.2 Å². The van der Waals surface area contributed by atoms with Crippen LogP contribution in [-0.4, -0.2) is 21.9 Å². The Hall–Kier alpha value is -0.780. The largest absolute Gasteiger partial charge is 0.385 e. The van der Waals surface area contributed by atoms with Gasteiger partial charge in [0.05, 0.1) is 0 Å². The first-order valence-electron chi connectivity index (χ1n) is 3.16. The second-order valence-corrected chi connectivity index (χ2v) is 2.63. The quantitative estimate of drug-likeness (QED) is 0.367. The average Bonchev–Trinajstić information content (AvgIpc) is 2.19. The van der Waals surface area contributed by atoms with Crippen LogP contribution in [0.25, 0.3) is 0 Å². The van der Waals surface area contributed by atoms with Crippen LogP contribution in [0.15, 0.2) is 12.2 Å². The van der Waals surface area contributed by atoms with Gasteiger partial charge in [0.15, 0.2) is 5.60 Å². The molecule has 0 unspecified atom stereocenters. The van der Waals surface area contributed by atoms with Gasteiger partial charge in [-0.15, -0.1) is 6.42 Å². The lowest BCUT2D eigenvalue weighted by Crippen LogP contribution is -2.35. The van der Waals surface area contributed by atoms with Gasteiger partial charge in [-0.2, -0.15) is 0 Å². The molecule has 0 aromatic carbocycles. The Labute approximate surface area is 60.2 Å². The second kappa shape index (κ2) is 2.12. The summed E-state index contributed by atoms with van der Waals surface area (Å²) in [5.74, 6) is 2.17. The molecule has 1 rings (SSSR count). The van der Waals surface area contributed by atoms with Crippen LogP contribution < -0.4 is 0 Å². The van der Waals surface area contributed by atoms with Crippen LogP contribution in [0, 0.1) is 12.3 Å². The lowest BCUT2D eigenvalue weighted by atomic mass is 10.0. The summed E-state index contributed by atoms with van der Waals surface area (Å²) in [7, 11) is 0. The predicted molar refractivity (Wildman–Crippen MR) is 38.2 cm³/mol. The first-order valence-corrected chi connectivity index (χ1v) is 3.16. The number of aliphatic hydroxyl groups is 2. The van der Waals surface area contributed by atoms with Crippen LogP contribution in [0.5, 0.6) is 0 Å². The molecule has 2 heteroatoms. The molecule has 0 bridgehead atoms. The fourth-order valence-corrected chi connectivity index (χ4v) is 1.11. The first kappa shape index (κ1) is 7.33. The van der Waals surface area contributed by atoms with Crippen molar-refractivity contribution in [3.63, 3.8) is 0 Å². The third-order valence-corrected chi connectivity index (χ3v) is 1.92. The Morgan fingerprint density at radius 3 is 2.60 bits per heavy atom. The Kier molecular flexibility index (Phi) is 1.55. The number of terminal acetylenes is 1. The van der Waals surface area contributed by atoms with Crippen molar-refractivity contribution >= 4 is 0 Å². The molecule has 2 N–H and O–H groups in total. The Morgan fingerprint density at radius 2 is 2.40 bits per heavy atom. The summed E-state index contributed by atoms with van der Waals surface area (Å²) in [5.41, 5.74) is -0.725. The fraction of sp³-hybridized carbons (Fsp3) is 0.500. The summed E-state index contributed by atoms with van der Waals surface area (Å²) in [6.07, 6.45) is 5.12. The van der Waals surface area contributed by atoms with Crippen molar-refractivity contribution in [2.75, 3.05) is 0 Å². The molecule has 0 aromatic heterocycles. The van der Waals surface area contributed by atoms with Crippen LogP contribution >= 0.6 is 0 Å². The van der Waals surface area contributed by atoms with Crippen molar-refractivity contribution in [1.82, 2.24) is 0 Å². The van der Waals surface area contributed by atoms with E-state index in [4.69, 9.17) is 6.42 Å². The lowest BCUT2D eigenvalue weighted by Gasteiger charge is -2.19. The topological polar surface area (TPSA) is 40.5 Å². The van der Waals surface area contributed by atoms with Gasteiger partial charge < -0.3 is 10.2 Å². The van der Waals surface area contributed by atoms with Crippen molar-refractivity contribution in [2.24, 2.45) is 0 Å². The molecule has 0 saturated heterocycles.